The van der Waals surface area contributed by atoms with Crippen molar-refractivity contribution in [3.8, 4) is 0 Å². The van der Waals surface area contributed by atoms with Crippen molar-refractivity contribution in [3.05, 3.63) is 41.7 Å². The molecule has 0 aliphatic carbocycles. The minimum Gasteiger partial charge on any atom is -0.349 e. The monoisotopic (exact) mass is 359 g/mol. The average Bonchev–Trinajstić information content (AvgIpc) is 3.02. The normalized spacial score (nSPS) is 16.6. The van der Waals surface area contributed by atoms with Gasteiger partial charge in [-0.25, -0.2) is 0 Å². The van der Waals surface area contributed by atoms with Crippen LogP contribution in [0.15, 0.2) is 35.5 Å². The summed E-state index contributed by atoms with van der Waals surface area (Å²) in [4.78, 5) is 12.2. The zero-order chi connectivity index (χ0) is 17.6. The standard InChI is InChI=1S/C18H25N5OS/c1-13(14-6-4-3-5-7-14)20-16(24)12-25-18-22-21-17(23(18)2)15-8-10-19-11-9-15/h3-7,13,15,19H,8-12H2,1-2H3,(H,20,24)/t13-/m0/s1. The molecule has 0 saturated carbocycles. The van der Waals surface area contributed by atoms with Crippen LogP contribution in [0.2, 0.25) is 0 Å². The van der Waals surface area contributed by atoms with E-state index in [0.29, 0.717) is 11.7 Å². The predicted molar refractivity (Wildman–Crippen MR) is 99.6 cm³/mol. The zero-order valence-corrected chi connectivity index (χ0v) is 15.6. The first kappa shape index (κ1) is 17.9. The Morgan fingerprint density at radius 3 is 2.76 bits per heavy atom. The molecule has 7 heteroatoms. The number of nitrogens with one attached hydrogen (secondary N) is 2. The largest absolute Gasteiger partial charge is 0.349 e. The third kappa shape index (κ3) is 4.61. The van der Waals surface area contributed by atoms with Gasteiger partial charge in [0.15, 0.2) is 5.16 Å². The lowest BCUT2D eigenvalue weighted by atomic mass is 9.97. The van der Waals surface area contributed by atoms with Crippen LogP contribution in [0.25, 0.3) is 0 Å². The molecule has 1 amide bonds. The van der Waals surface area contributed by atoms with E-state index in [0.717, 1.165) is 42.5 Å². The highest BCUT2D eigenvalue weighted by Crippen LogP contribution is 2.26. The minimum absolute atomic E-state index is 0.000837. The van der Waals surface area contributed by atoms with Crippen molar-refractivity contribution < 1.29 is 4.79 Å². The number of hydrogen-bond donors (Lipinski definition) is 2. The molecule has 6 nitrogen and oxygen atoms in total. The molecule has 0 radical (unpaired) electrons. The van der Waals surface area contributed by atoms with E-state index in [-0.39, 0.29) is 11.9 Å². The molecule has 1 aliphatic rings. The van der Waals surface area contributed by atoms with E-state index >= 15 is 0 Å². The molecule has 2 aromatic rings. The molecule has 0 spiro atoms. The van der Waals surface area contributed by atoms with E-state index in [4.69, 9.17) is 0 Å². The van der Waals surface area contributed by atoms with Gasteiger partial charge in [0, 0.05) is 13.0 Å². The van der Waals surface area contributed by atoms with Crippen molar-refractivity contribution in [2.45, 2.75) is 36.9 Å². The second-order valence-electron chi connectivity index (χ2n) is 6.41. The quantitative estimate of drug-likeness (QED) is 0.774. The van der Waals surface area contributed by atoms with Crippen molar-refractivity contribution in [1.29, 1.82) is 0 Å². The molecule has 1 aromatic heterocycles. The summed E-state index contributed by atoms with van der Waals surface area (Å²) in [5, 5.41) is 15.8. The smallest absolute Gasteiger partial charge is 0.230 e. The zero-order valence-electron chi connectivity index (χ0n) is 14.7. The molecule has 2 N–H and O–H groups in total. The Bertz CT molecular complexity index is 697. The van der Waals surface area contributed by atoms with Gasteiger partial charge in [-0.3, -0.25) is 4.79 Å². The van der Waals surface area contributed by atoms with Gasteiger partial charge in [0.05, 0.1) is 11.8 Å². The number of carbonyl (C=O) groups is 1. The minimum atomic E-state index is -0.000837. The summed E-state index contributed by atoms with van der Waals surface area (Å²) in [6.45, 7) is 4.05. The van der Waals surface area contributed by atoms with Crippen LogP contribution < -0.4 is 10.6 Å². The average molecular weight is 359 g/mol. The number of hydrogen-bond acceptors (Lipinski definition) is 5. The lowest BCUT2D eigenvalue weighted by Gasteiger charge is -2.21. The Hall–Kier alpha value is -1.86. The fourth-order valence-corrected chi connectivity index (χ4v) is 3.86. The van der Waals surface area contributed by atoms with Gasteiger partial charge < -0.3 is 15.2 Å². The van der Waals surface area contributed by atoms with E-state index < -0.39 is 0 Å². The van der Waals surface area contributed by atoms with Crippen molar-refractivity contribution >= 4 is 17.7 Å². The second-order valence-corrected chi connectivity index (χ2v) is 7.36. The topological polar surface area (TPSA) is 71.8 Å². The summed E-state index contributed by atoms with van der Waals surface area (Å²) in [6, 6.07) is 9.97. The Morgan fingerprint density at radius 1 is 1.32 bits per heavy atom. The van der Waals surface area contributed by atoms with Crippen LogP contribution in [0.5, 0.6) is 0 Å². The first-order valence-corrected chi connectivity index (χ1v) is 9.71. The molecule has 134 valence electrons. The molecule has 2 heterocycles. The van der Waals surface area contributed by atoms with Crippen molar-refractivity contribution in [1.82, 2.24) is 25.4 Å². The van der Waals surface area contributed by atoms with Crippen LogP contribution in [0.1, 0.15) is 43.1 Å². The Labute approximate surface area is 152 Å². The van der Waals surface area contributed by atoms with E-state index in [9.17, 15) is 4.79 Å². The Balaban J connectivity index is 1.53. The molecule has 1 saturated heterocycles. The lowest BCUT2D eigenvalue weighted by Crippen LogP contribution is -2.28. The Kier molecular flexibility index (Phi) is 6.09. The van der Waals surface area contributed by atoms with Crippen LogP contribution in [0.3, 0.4) is 0 Å². The highest BCUT2D eigenvalue weighted by molar-refractivity contribution is 7.99. The number of amides is 1. The molecule has 1 aliphatic heterocycles. The molecule has 3 rings (SSSR count). The van der Waals surface area contributed by atoms with Gasteiger partial charge in [-0.05, 0) is 38.4 Å². The number of aromatic nitrogens is 3. The number of thioether (sulfide) groups is 1. The number of benzene rings is 1. The number of carbonyl (C=O) groups excluding carboxylic acids is 1. The maximum atomic E-state index is 12.2. The molecule has 0 bridgehead atoms. The molecule has 1 fully saturated rings. The summed E-state index contributed by atoms with van der Waals surface area (Å²) < 4.78 is 2.04. The van der Waals surface area contributed by atoms with Gasteiger partial charge in [0.25, 0.3) is 0 Å². The fourth-order valence-electron chi connectivity index (χ4n) is 3.13. The summed E-state index contributed by atoms with van der Waals surface area (Å²) in [6.07, 6.45) is 2.18. The van der Waals surface area contributed by atoms with Crippen molar-refractivity contribution in [2.75, 3.05) is 18.8 Å². The molecule has 1 atom stereocenters. The van der Waals surface area contributed by atoms with Gasteiger partial charge >= 0.3 is 0 Å². The SMILES string of the molecule is C[C@H](NC(=O)CSc1nnc(C2CCNCC2)n1C)c1ccccc1. The third-order valence-corrected chi connectivity index (χ3v) is 5.60. The van der Waals surface area contributed by atoms with Crippen LogP contribution in [-0.4, -0.2) is 39.5 Å². The van der Waals surface area contributed by atoms with Crippen LogP contribution in [-0.2, 0) is 11.8 Å². The maximum absolute atomic E-state index is 12.2. The maximum Gasteiger partial charge on any atom is 0.230 e. The molecular formula is C18H25N5OS. The van der Waals surface area contributed by atoms with E-state index in [1.165, 1.54) is 11.8 Å². The van der Waals surface area contributed by atoms with E-state index in [2.05, 4.69) is 20.8 Å². The fraction of sp³-hybridized carbons (Fsp3) is 0.500. The first-order valence-electron chi connectivity index (χ1n) is 8.72. The van der Waals surface area contributed by atoms with Gasteiger partial charge in [0.1, 0.15) is 5.82 Å². The number of piperidine rings is 1. The first-order chi connectivity index (χ1) is 12.1. The predicted octanol–water partition coefficient (Wildman–Crippen LogP) is 2.25. The van der Waals surface area contributed by atoms with Crippen molar-refractivity contribution in [2.24, 2.45) is 7.05 Å². The number of rotatable bonds is 6. The lowest BCUT2D eigenvalue weighted by molar-refractivity contribution is -0.119. The highest BCUT2D eigenvalue weighted by Gasteiger charge is 2.22. The summed E-state index contributed by atoms with van der Waals surface area (Å²) in [5.74, 6) is 1.84. The van der Waals surface area contributed by atoms with E-state index in [1.807, 2.05) is 48.9 Å². The van der Waals surface area contributed by atoms with Crippen LogP contribution in [0.4, 0.5) is 0 Å². The summed E-state index contributed by atoms with van der Waals surface area (Å²) in [7, 11) is 1.99. The molecular weight excluding hydrogens is 334 g/mol. The van der Waals surface area contributed by atoms with E-state index in [1.54, 1.807) is 0 Å². The number of nitrogens with zero attached hydrogens (tertiary/aromatic N) is 3. The third-order valence-electron chi connectivity index (χ3n) is 4.58. The molecule has 0 unspecified atom stereocenters. The highest BCUT2D eigenvalue weighted by atomic mass is 32.2. The van der Waals surface area contributed by atoms with Gasteiger partial charge in [-0.1, -0.05) is 42.1 Å². The van der Waals surface area contributed by atoms with Crippen molar-refractivity contribution in [3.63, 3.8) is 0 Å². The molecule has 25 heavy (non-hydrogen) atoms. The van der Waals surface area contributed by atoms with Gasteiger partial charge in [-0.2, -0.15) is 0 Å². The Morgan fingerprint density at radius 2 is 2.04 bits per heavy atom. The van der Waals surface area contributed by atoms with Gasteiger partial charge in [-0.15, -0.1) is 10.2 Å². The van der Waals surface area contributed by atoms with Gasteiger partial charge in [0.2, 0.25) is 5.91 Å². The van der Waals surface area contributed by atoms with Crippen LogP contribution >= 0.6 is 11.8 Å². The summed E-state index contributed by atoms with van der Waals surface area (Å²) >= 11 is 1.44. The second kappa shape index (κ2) is 8.49. The summed E-state index contributed by atoms with van der Waals surface area (Å²) in [5.41, 5.74) is 1.10. The van der Waals surface area contributed by atoms with Crippen LogP contribution in [0, 0.1) is 0 Å². The molecule has 1 aromatic carbocycles.